The highest BCUT2D eigenvalue weighted by Crippen LogP contribution is 2.61. The molecule has 2 atom stereocenters. The van der Waals surface area contributed by atoms with Gasteiger partial charge in [0.2, 0.25) is 5.91 Å². The minimum absolute atomic E-state index is 0.0377. The Morgan fingerprint density at radius 1 is 1.20 bits per heavy atom. The van der Waals surface area contributed by atoms with Gasteiger partial charge in [-0.3, -0.25) is 9.59 Å². The number of hydrogen-bond donors (Lipinski definition) is 0. The zero-order valence-electron chi connectivity index (χ0n) is 11.7. The molecule has 4 nitrogen and oxygen atoms in total. The van der Waals surface area contributed by atoms with E-state index in [0.717, 1.165) is 31.5 Å². The van der Waals surface area contributed by atoms with E-state index in [2.05, 4.69) is 0 Å². The molecule has 106 valence electrons. The first-order chi connectivity index (χ1) is 9.70. The highest BCUT2D eigenvalue weighted by molar-refractivity contribution is 6.07. The van der Waals surface area contributed by atoms with Gasteiger partial charge in [-0.05, 0) is 24.8 Å². The van der Waals surface area contributed by atoms with Crippen LogP contribution in [0.1, 0.15) is 30.7 Å². The van der Waals surface area contributed by atoms with Crippen molar-refractivity contribution in [3.05, 3.63) is 35.9 Å². The lowest BCUT2D eigenvalue weighted by Crippen LogP contribution is -2.40. The average Bonchev–Trinajstić information content (AvgIpc) is 3.02. The third kappa shape index (κ3) is 1.90. The summed E-state index contributed by atoms with van der Waals surface area (Å²) in [5, 5.41) is 0. The average molecular weight is 273 g/mol. The predicted molar refractivity (Wildman–Crippen MR) is 74.1 cm³/mol. The van der Waals surface area contributed by atoms with E-state index in [-0.39, 0.29) is 17.8 Å². The number of ether oxygens (including phenoxy) is 1. The Hall–Kier alpha value is -1.84. The van der Waals surface area contributed by atoms with Crippen LogP contribution in [-0.2, 0) is 14.3 Å². The summed E-state index contributed by atoms with van der Waals surface area (Å²) in [6.45, 7) is 1.53. The Morgan fingerprint density at radius 2 is 1.85 bits per heavy atom. The molecule has 4 heteroatoms. The number of likely N-dealkylation sites (tertiary alicyclic amines) is 1. The summed E-state index contributed by atoms with van der Waals surface area (Å²) in [5.74, 6) is -0.469. The number of benzene rings is 1. The van der Waals surface area contributed by atoms with Crippen molar-refractivity contribution in [3.8, 4) is 0 Å². The van der Waals surface area contributed by atoms with Gasteiger partial charge < -0.3 is 9.64 Å². The van der Waals surface area contributed by atoms with E-state index < -0.39 is 5.41 Å². The third-order valence-electron chi connectivity index (χ3n) is 4.49. The van der Waals surface area contributed by atoms with Crippen LogP contribution in [0.25, 0.3) is 0 Å². The Balaban J connectivity index is 1.88. The van der Waals surface area contributed by atoms with Crippen LogP contribution in [0.15, 0.2) is 30.3 Å². The van der Waals surface area contributed by atoms with Gasteiger partial charge in [0, 0.05) is 19.0 Å². The maximum atomic E-state index is 12.7. The molecule has 1 saturated carbocycles. The highest BCUT2D eigenvalue weighted by Gasteiger charge is 2.68. The second kappa shape index (κ2) is 4.93. The second-order valence-corrected chi connectivity index (χ2v) is 5.63. The number of amides is 1. The second-order valence-electron chi connectivity index (χ2n) is 5.63. The molecule has 0 aromatic heterocycles. The molecular weight excluding hydrogens is 254 g/mol. The number of carbonyl (C=O) groups excluding carboxylic acids is 2. The summed E-state index contributed by atoms with van der Waals surface area (Å²) in [6.07, 6.45) is 2.62. The van der Waals surface area contributed by atoms with E-state index in [1.54, 1.807) is 0 Å². The summed E-state index contributed by atoms with van der Waals surface area (Å²) in [7, 11) is 1.36. The molecule has 0 radical (unpaired) electrons. The third-order valence-corrected chi connectivity index (χ3v) is 4.49. The van der Waals surface area contributed by atoms with Crippen molar-refractivity contribution in [2.45, 2.75) is 25.2 Å². The molecule has 1 aliphatic carbocycles. The minimum Gasteiger partial charge on any atom is -0.468 e. The van der Waals surface area contributed by atoms with Gasteiger partial charge >= 0.3 is 5.97 Å². The highest BCUT2D eigenvalue weighted by atomic mass is 16.5. The van der Waals surface area contributed by atoms with Crippen LogP contribution in [0.5, 0.6) is 0 Å². The van der Waals surface area contributed by atoms with Gasteiger partial charge in [0.25, 0.3) is 0 Å². The van der Waals surface area contributed by atoms with Gasteiger partial charge in [-0.2, -0.15) is 0 Å². The monoisotopic (exact) mass is 273 g/mol. The van der Waals surface area contributed by atoms with Gasteiger partial charge in [0.05, 0.1) is 7.11 Å². The minimum atomic E-state index is -0.972. The standard InChI is InChI=1S/C16H19NO3/c1-20-15(19)16(14(18)17-9-5-6-10-17)11-13(16)12-7-3-2-4-8-12/h2-4,7-8,13H,5-6,9-11H2,1H3/t13-,16-/m0/s1. The van der Waals surface area contributed by atoms with Crippen LogP contribution in [0.2, 0.25) is 0 Å². The quantitative estimate of drug-likeness (QED) is 0.624. The number of esters is 1. The summed E-state index contributed by atoms with van der Waals surface area (Å²) in [4.78, 5) is 26.8. The van der Waals surface area contributed by atoms with E-state index in [0.29, 0.717) is 6.42 Å². The first-order valence-corrected chi connectivity index (χ1v) is 7.13. The molecule has 1 aromatic carbocycles. The smallest absolute Gasteiger partial charge is 0.322 e. The van der Waals surface area contributed by atoms with Crippen LogP contribution in [0.3, 0.4) is 0 Å². The van der Waals surface area contributed by atoms with Gasteiger partial charge in [-0.15, -0.1) is 0 Å². The van der Waals surface area contributed by atoms with Crippen LogP contribution in [-0.4, -0.2) is 37.0 Å². The van der Waals surface area contributed by atoms with Crippen molar-refractivity contribution in [1.29, 1.82) is 0 Å². The summed E-state index contributed by atoms with van der Waals surface area (Å²) in [5.41, 5.74) is 0.0749. The van der Waals surface area contributed by atoms with E-state index >= 15 is 0 Å². The van der Waals surface area contributed by atoms with Crippen LogP contribution in [0, 0.1) is 5.41 Å². The first-order valence-electron chi connectivity index (χ1n) is 7.13. The predicted octanol–water partition coefficient (Wildman–Crippen LogP) is 1.96. The largest absolute Gasteiger partial charge is 0.468 e. The molecule has 0 spiro atoms. The van der Waals surface area contributed by atoms with Crippen LogP contribution >= 0.6 is 0 Å². The lowest BCUT2D eigenvalue weighted by molar-refractivity contribution is -0.155. The SMILES string of the molecule is COC(=O)[C@@]1(C(=O)N2CCCC2)C[C@H]1c1ccccc1. The maximum absolute atomic E-state index is 12.7. The molecule has 1 aliphatic heterocycles. The molecule has 2 aliphatic rings. The molecule has 1 heterocycles. The molecule has 0 N–H and O–H groups in total. The van der Waals surface area contributed by atoms with Gasteiger partial charge in [-0.1, -0.05) is 30.3 Å². The lowest BCUT2D eigenvalue weighted by Gasteiger charge is -2.22. The lowest BCUT2D eigenvalue weighted by atomic mass is 9.97. The van der Waals surface area contributed by atoms with Gasteiger partial charge in [0.15, 0.2) is 5.41 Å². The van der Waals surface area contributed by atoms with E-state index in [4.69, 9.17) is 4.74 Å². The molecule has 0 unspecified atom stereocenters. The number of methoxy groups -OCH3 is 1. The molecule has 3 rings (SSSR count). The summed E-state index contributed by atoms with van der Waals surface area (Å²) < 4.78 is 4.92. The molecule has 1 amide bonds. The number of rotatable bonds is 3. The van der Waals surface area contributed by atoms with Crippen molar-refractivity contribution in [1.82, 2.24) is 4.90 Å². The summed E-state index contributed by atoms with van der Waals surface area (Å²) >= 11 is 0. The molecule has 20 heavy (non-hydrogen) atoms. The fourth-order valence-electron chi connectivity index (χ4n) is 3.28. The molecular formula is C16H19NO3. The fraction of sp³-hybridized carbons (Fsp3) is 0.500. The number of hydrogen-bond acceptors (Lipinski definition) is 3. The van der Waals surface area contributed by atoms with Crippen molar-refractivity contribution in [2.75, 3.05) is 20.2 Å². The number of carbonyl (C=O) groups is 2. The normalized spacial score (nSPS) is 28.2. The van der Waals surface area contributed by atoms with E-state index in [1.807, 2.05) is 35.2 Å². The first kappa shape index (κ1) is 13.2. The van der Waals surface area contributed by atoms with Crippen LogP contribution < -0.4 is 0 Å². The van der Waals surface area contributed by atoms with Gasteiger partial charge in [0.1, 0.15) is 0 Å². The van der Waals surface area contributed by atoms with Crippen molar-refractivity contribution in [2.24, 2.45) is 5.41 Å². The molecule has 2 fully saturated rings. The van der Waals surface area contributed by atoms with Gasteiger partial charge in [-0.25, -0.2) is 0 Å². The van der Waals surface area contributed by atoms with E-state index in [9.17, 15) is 9.59 Å². The maximum Gasteiger partial charge on any atom is 0.322 e. The Labute approximate surface area is 118 Å². The van der Waals surface area contributed by atoms with Crippen molar-refractivity contribution in [3.63, 3.8) is 0 Å². The zero-order chi connectivity index (χ0) is 14.2. The molecule has 0 bridgehead atoms. The topological polar surface area (TPSA) is 46.6 Å². The molecule has 1 saturated heterocycles. The van der Waals surface area contributed by atoms with Crippen molar-refractivity contribution < 1.29 is 14.3 Å². The van der Waals surface area contributed by atoms with E-state index in [1.165, 1.54) is 7.11 Å². The number of nitrogens with zero attached hydrogens (tertiary/aromatic N) is 1. The Bertz CT molecular complexity index is 522. The molecule has 1 aromatic rings. The zero-order valence-corrected chi connectivity index (χ0v) is 11.7. The summed E-state index contributed by atoms with van der Waals surface area (Å²) in [6, 6.07) is 9.78. The Kier molecular flexibility index (Phi) is 3.24. The fourth-order valence-corrected chi connectivity index (χ4v) is 3.28. The van der Waals surface area contributed by atoms with Crippen LogP contribution in [0.4, 0.5) is 0 Å². The Morgan fingerprint density at radius 3 is 2.45 bits per heavy atom. The van der Waals surface area contributed by atoms with Crippen molar-refractivity contribution >= 4 is 11.9 Å².